The molecule has 0 aliphatic carbocycles. The van der Waals surface area contributed by atoms with E-state index in [1.54, 1.807) is 12.1 Å². The molecular weight excluding hydrogens is 418 g/mol. The van der Waals surface area contributed by atoms with E-state index in [2.05, 4.69) is 78.4 Å². The Bertz CT molecular complexity index is 1270. The second-order valence-corrected chi connectivity index (χ2v) is 7.55. The van der Waals surface area contributed by atoms with Gasteiger partial charge in [0, 0.05) is 23.7 Å². The summed E-state index contributed by atoms with van der Waals surface area (Å²) in [6.07, 6.45) is 9.43. The summed E-state index contributed by atoms with van der Waals surface area (Å²) in [5, 5.41) is 0. The highest BCUT2D eigenvalue weighted by molar-refractivity contribution is 5.83. The summed E-state index contributed by atoms with van der Waals surface area (Å²) >= 11 is 0. The van der Waals surface area contributed by atoms with Crippen molar-refractivity contribution < 1.29 is 9.53 Å². The van der Waals surface area contributed by atoms with Crippen molar-refractivity contribution in [1.82, 2.24) is 0 Å². The van der Waals surface area contributed by atoms with Crippen molar-refractivity contribution in [2.75, 3.05) is 4.90 Å². The molecular formula is C31H25NO2. The Hall–Kier alpha value is -4.63. The Balaban J connectivity index is 1.50. The lowest BCUT2D eigenvalue weighted by molar-refractivity contribution is -0.128. The van der Waals surface area contributed by atoms with E-state index in [4.69, 9.17) is 4.74 Å². The molecule has 0 spiro atoms. The fourth-order valence-corrected chi connectivity index (χ4v) is 3.38. The minimum atomic E-state index is -0.466. The molecule has 0 N–H and O–H groups in total. The van der Waals surface area contributed by atoms with Gasteiger partial charge in [-0.05, 0) is 59.2 Å². The van der Waals surface area contributed by atoms with Gasteiger partial charge in [0.05, 0.1) is 0 Å². The molecule has 0 unspecified atom stereocenters. The van der Waals surface area contributed by atoms with Gasteiger partial charge in [-0.3, -0.25) is 0 Å². The zero-order chi connectivity index (χ0) is 23.6. The van der Waals surface area contributed by atoms with Gasteiger partial charge < -0.3 is 9.64 Å². The zero-order valence-electron chi connectivity index (χ0n) is 18.7. The highest BCUT2D eigenvalue weighted by Crippen LogP contribution is 2.27. The van der Waals surface area contributed by atoms with Crippen LogP contribution < -0.4 is 9.64 Å². The maximum atomic E-state index is 11.3. The van der Waals surface area contributed by atoms with Gasteiger partial charge in [-0.1, -0.05) is 91.5 Å². The van der Waals surface area contributed by atoms with Crippen LogP contribution in [0.2, 0.25) is 0 Å². The Labute approximate surface area is 200 Å². The van der Waals surface area contributed by atoms with E-state index < -0.39 is 5.97 Å². The van der Waals surface area contributed by atoms with Crippen LogP contribution >= 0.6 is 0 Å². The van der Waals surface area contributed by atoms with Gasteiger partial charge in [0.2, 0.25) is 0 Å². The number of benzene rings is 4. The second kappa shape index (κ2) is 11.3. The van der Waals surface area contributed by atoms with Crippen molar-refractivity contribution in [2.45, 2.75) is 0 Å². The van der Waals surface area contributed by atoms with E-state index in [-0.39, 0.29) is 0 Å². The molecule has 166 valence electrons. The highest BCUT2D eigenvalue weighted by atomic mass is 16.5. The molecule has 0 heterocycles. The smallest absolute Gasteiger partial charge is 0.335 e. The Kier molecular flexibility index (Phi) is 7.50. The number of para-hydroxylation sites is 1. The normalized spacial score (nSPS) is 10.9. The average Bonchev–Trinajstić information content (AvgIpc) is 2.90. The first-order chi connectivity index (χ1) is 16.7. The van der Waals surface area contributed by atoms with Crippen LogP contribution in [-0.4, -0.2) is 5.97 Å². The summed E-state index contributed by atoms with van der Waals surface area (Å²) in [6.45, 7) is 3.40. The molecule has 0 radical (unpaired) electrons. The van der Waals surface area contributed by atoms with Crippen LogP contribution in [0, 0.1) is 0 Å². The predicted octanol–water partition coefficient (Wildman–Crippen LogP) is 7.76. The lowest BCUT2D eigenvalue weighted by Crippen LogP contribution is -2.07. The fourth-order valence-electron chi connectivity index (χ4n) is 3.38. The molecule has 34 heavy (non-hydrogen) atoms. The van der Waals surface area contributed by atoms with E-state index in [9.17, 15) is 4.79 Å². The quantitative estimate of drug-likeness (QED) is 0.121. The number of carbonyl (C=O) groups excluding carboxylic acids is 1. The molecule has 0 atom stereocenters. The summed E-state index contributed by atoms with van der Waals surface area (Å²) in [4.78, 5) is 13.5. The first-order valence-electron chi connectivity index (χ1n) is 11.0. The average molecular weight is 444 g/mol. The summed E-state index contributed by atoms with van der Waals surface area (Å²) in [7, 11) is 0. The van der Waals surface area contributed by atoms with Crippen molar-refractivity contribution in [3.8, 4) is 5.75 Å². The standard InChI is InChI=1S/C31H25NO2/c1-2-31(33)34-30-21-17-27(18-22-30)14-13-26-15-19-29(20-16-26)32(28-11-7-4-8-12-28)24-23-25-9-5-3-6-10-25/h2-24H,1H2/b14-13?,24-23+. The van der Waals surface area contributed by atoms with E-state index in [1.165, 1.54) is 0 Å². The Morgan fingerprint density at radius 3 is 1.71 bits per heavy atom. The summed E-state index contributed by atoms with van der Waals surface area (Å²) in [6, 6.07) is 36.3. The minimum Gasteiger partial charge on any atom is -0.423 e. The number of hydrogen-bond acceptors (Lipinski definition) is 3. The molecule has 0 fully saturated rings. The van der Waals surface area contributed by atoms with Gasteiger partial charge in [0.25, 0.3) is 0 Å². The molecule has 4 aromatic carbocycles. The number of esters is 1. The number of anilines is 2. The summed E-state index contributed by atoms with van der Waals surface area (Å²) in [5.74, 6) is 0.0301. The van der Waals surface area contributed by atoms with Crippen LogP contribution in [-0.2, 0) is 4.79 Å². The number of ether oxygens (including phenoxy) is 1. The van der Waals surface area contributed by atoms with Crippen LogP contribution in [0.4, 0.5) is 11.4 Å². The van der Waals surface area contributed by atoms with Crippen molar-refractivity contribution in [3.05, 3.63) is 145 Å². The van der Waals surface area contributed by atoms with E-state index in [1.807, 2.05) is 54.6 Å². The van der Waals surface area contributed by atoms with Gasteiger partial charge in [0.15, 0.2) is 0 Å². The predicted molar refractivity (Wildman–Crippen MR) is 142 cm³/mol. The van der Waals surface area contributed by atoms with Gasteiger partial charge in [-0.25, -0.2) is 4.79 Å². The van der Waals surface area contributed by atoms with Crippen molar-refractivity contribution in [1.29, 1.82) is 0 Å². The number of carbonyl (C=O) groups is 1. The molecule has 3 heteroatoms. The summed E-state index contributed by atoms with van der Waals surface area (Å²) in [5.41, 5.74) is 5.41. The topological polar surface area (TPSA) is 29.5 Å². The van der Waals surface area contributed by atoms with Gasteiger partial charge in [0.1, 0.15) is 5.75 Å². The van der Waals surface area contributed by atoms with E-state index >= 15 is 0 Å². The fraction of sp³-hybridized carbons (Fsp3) is 0. The molecule has 3 nitrogen and oxygen atoms in total. The van der Waals surface area contributed by atoms with Crippen molar-refractivity contribution >= 4 is 35.6 Å². The van der Waals surface area contributed by atoms with Gasteiger partial charge in [-0.15, -0.1) is 0 Å². The third kappa shape index (κ3) is 6.21. The second-order valence-electron chi connectivity index (χ2n) is 7.55. The molecule has 0 saturated heterocycles. The largest absolute Gasteiger partial charge is 0.423 e. The molecule has 0 aromatic heterocycles. The van der Waals surface area contributed by atoms with Crippen LogP contribution in [0.1, 0.15) is 16.7 Å². The Morgan fingerprint density at radius 2 is 1.12 bits per heavy atom. The van der Waals surface area contributed by atoms with Gasteiger partial charge >= 0.3 is 5.97 Å². The molecule has 0 aliphatic heterocycles. The number of hydrogen-bond donors (Lipinski definition) is 0. The first kappa shape index (κ1) is 22.6. The lowest BCUT2D eigenvalue weighted by atomic mass is 10.1. The van der Waals surface area contributed by atoms with Crippen LogP contribution in [0.15, 0.2) is 128 Å². The SMILES string of the molecule is C=CC(=O)Oc1ccc(C=Cc2ccc(N(/C=C/c3ccccc3)c3ccccc3)cc2)cc1. The molecule has 0 aliphatic rings. The number of nitrogens with zero attached hydrogens (tertiary/aromatic N) is 1. The maximum Gasteiger partial charge on any atom is 0.335 e. The van der Waals surface area contributed by atoms with Crippen molar-refractivity contribution in [2.24, 2.45) is 0 Å². The first-order valence-corrected chi connectivity index (χ1v) is 11.0. The third-order valence-corrected chi connectivity index (χ3v) is 5.15. The lowest BCUT2D eigenvalue weighted by Gasteiger charge is -2.21. The molecule has 0 saturated carbocycles. The van der Waals surface area contributed by atoms with Crippen molar-refractivity contribution in [3.63, 3.8) is 0 Å². The van der Waals surface area contributed by atoms with E-state index in [0.717, 1.165) is 34.1 Å². The maximum absolute atomic E-state index is 11.3. The molecule has 0 amide bonds. The zero-order valence-corrected chi connectivity index (χ0v) is 18.7. The van der Waals surface area contributed by atoms with Crippen LogP contribution in [0.3, 0.4) is 0 Å². The molecule has 4 aromatic rings. The van der Waals surface area contributed by atoms with Crippen LogP contribution in [0.5, 0.6) is 5.75 Å². The third-order valence-electron chi connectivity index (χ3n) is 5.15. The van der Waals surface area contributed by atoms with Crippen LogP contribution in [0.25, 0.3) is 18.2 Å². The summed E-state index contributed by atoms with van der Waals surface area (Å²) < 4.78 is 5.11. The Morgan fingerprint density at radius 1 is 0.618 bits per heavy atom. The van der Waals surface area contributed by atoms with Gasteiger partial charge in [-0.2, -0.15) is 0 Å². The monoisotopic (exact) mass is 443 g/mol. The minimum absolute atomic E-state index is 0.466. The van der Waals surface area contributed by atoms with E-state index in [0.29, 0.717) is 5.75 Å². The molecule has 0 bridgehead atoms. The number of rotatable bonds is 8. The molecule has 4 rings (SSSR count). The highest BCUT2D eigenvalue weighted by Gasteiger charge is 2.06.